The standard InChI is InChI=1S/C16H22N4O3S2/c1-2-6-15-18-14(19-23-15)12-24-16-8-7-13(11-17-16)25(21,22)20-9-4-3-5-10-20/h7-8,11H,2-6,9-10,12H2,1H3. The zero-order chi connectivity index (χ0) is 17.7. The average molecular weight is 383 g/mol. The van der Waals surface area contributed by atoms with Gasteiger partial charge in [-0.15, -0.1) is 0 Å². The quantitative estimate of drug-likeness (QED) is 0.680. The van der Waals surface area contributed by atoms with Crippen LogP contribution in [0.25, 0.3) is 0 Å². The maximum Gasteiger partial charge on any atom is 0.244 e. The van der Waals surface area contributed by atoms with E-state index in [1.165, 1.54) is 18.0 Å². The number of piperidine rings is 1. The van der Waals surface area contributed by atoms with E-state index in [0.29, 0.717) is 30.6 Å². The van der Waals surface area contributed by atoms with Gasteiger partial charge in [0.2, 0.25) is 15.9 Å². The van der Waals surface area contributed by atoms with E-state index < -0.39 is 10.0 Å². The highest BCUT2D eigenvalue weighted by Crippen LogP contribution is 2.23. The molecule has 7 nitrogen and oxygen atoms in total. The van der Waals surface area contributed by atoms with Crippen LogP contribution in [0.4, 0.5) is 0 Å². The summed E-state index contributed by atoms with van der Waals surface area (Å²) in [5, 5.41) is 4.67. The van der Waals surface area contributed by atoms with Gasteiger partial charge in [0.15, 0.2) is 5.82 Å². The molecular weight excluding hydrogens is 360 g/mol. The molecule has 0 N–H and O–H groups in total. The van der Waals surface area contributed by atoms with Crippen LogP contribution in [0, 0.1) is 0 Å². The minimum Gasteiger partial charge on any atom is -0.339 e. The molecule has 0 spiro atoms. The Labute approximate surface area is 152 Å². The van der Waals surface area contributed by atoms with Crippen molar-refractivity contribution in [1.82, 2.24) is 19.4 Å². The number of rotatable bonds is 7. The summed E-state index contributed by atoms with van der Waals surface area (Å²) in [4.78, 5) is 8.83. The van der Waals surface area contributed by atoms with Crippen molar-refractivity contribution in [3.05, 3.63) is 30.0 Å². The summed E-state index contributed by atoms with van der Waals surface area (Å²) in [6, 6.07) is 3.35. The van der Waals surface area contributed by atoms with E-state index in [9.17, 15) is 8.42 Å². The Kier molecular flexibility index (Phi) is 6.08. The van der Waals surface area contributed by atoms with E-state index in [0.717, 1.165) is 37.1 Å². The van der Waals surface area contributed by atoms with Crippen molar-refractivity contribution in [1.29, 1.82) is 0 Å². The molecule has 1 fully saturated rings. The highest BCUT2D eigenvalue weighted by molar-refractivity contribution is 7.98. The van der Waals surface area contributed by atoms with Gasteiger partial charge in [-0.05, 0) is 31.4 Å². The van der Waals surface area contributed by atoms with E-state index in [4.69, 9.17) is 4.52 Å². The molecule has 2 aromatic heterocycles. The van der Waals surface area contributed by atoms with E-state index in [-0.39, 0.29) is 4.90 Å². The van der Waals surface area contributed by atoms with Crippen molar-refractivity contribution < 1.29 is 12.9 Å². The highest BCUT2D eigenvalue weighted by Gasteiger charge is 2.26. The van der Waals surface area contributed by atoms with Gasteiger partial charge in [0.1, 0.15) is 4.90 Å². The van der Waals surface area contributed by atoms with Gasteiger partial charge < -0.3 is 4.52 Å². The highest BCUT2D eigenvalue weighted by atomic mass is 32.2. The van der Waals surface area contributed by atoms with Crippen LogP contribution in [0.5, 0.6) is 0 Å². The summed E-state index contributed by atoms with van der Waals surface area (Å²) in [7, 11) is -3.43. The fourth-order valence-electron chi connectivity index (χ4n) is 2.66. The maximum absolute atomic E-state index is 12.6. The summed E-state index contributed by atoms with van der Waals surface area (Å²) < 4.78 is 31.9. The van der Waals surface area contributed by atoms with Crippen LogP contribution in [0.1, 0.15) is 44.3 Å². The minimum absolute atomic E-state index is 0.253. The molecule has 3 rings (SSSR count). The number of sulfonamides is 1. The Balaban J connectivity index is 1.61. The Bertz CT molecular complexity index is 784. The topological polar surface area (TPSA) is 89.2 Å². The van der Waals surface area contributed by atoms with E-state index in [1.807, 2.05) is 0 Å². The zero-order valence-electron chi connectivity index (χ0n) is 14.2. The molecule has 0 radical (unpaired) electrons. The Morgan fingerprint density at radius 3 is 2.72 bits per heavy atom. The monoisotopic (exact) mass is 382 g/mol. The van der Waals surface area contributed by atoms with Crippen LogP contribution in [-0.4, -0.2) is 40.9 Å². The molecule has 0 bridgehead atoms. The van der Waals surface area contributed by atoms with E-state index >= 15 is 0 Å². The third kappa shape index (κ3) is 4.59. The lowest BCUT2D eigenvalue weighted by atomic mass is 10.2. The minimum atomic E-state index is -3.43. The van der Waals surface area contributed by atoms with Gasteiger partial charge in [0.05, 0.1) is 10.8 Å². The van der Waals surface area contributed by atoms with Crippen molar-refractivity contribution >= 4 is 21.8 Å². The Morgan fingerprint density at radius 1 is 1.24 bits per heavy atom. The van der Waals surface area contributed by atoms with E-state index in [2.05, 4.69) is 22.0 Å². The van der Waals surface area contributed by atoms with Crippen molar-refractivity contribution in [2.75, 3.05) is 13.1 Å². The molecule has 1 aliphatic heterocycles. The van der Waals surface area contributed by atoms with Gasteiger partial charge >= 0.3 is 0 Å². The lowest BCUT2D eigenvalue weighted by Crippen LogP contribution is -2.35. The number of thioether (sulfide) groups is 1. The number of aromatic nitrogens is 3. The Hall–Kier alpha value is -1.45. The lowest BCUT2D eigenvalue weighted by molar-refractivity contribution is 0.346. The van der Waals surface area contributed by atoms with Gasteiger partial charge in [0, 0.05) is 25.7 Å². The molecule has 1 aliphatic rings. The summed E-state index contributed by atoms with van der Waals surface area (Å²) in [6.45, 7) is 3.25. The van der Waals surface area contributed by atoms with Gasteiger partial charge in [-0.1, -0.05) is 30.3 Å². The first kappa shape index (κ1) is 18.3. The molecule has 0 unspecified atom stereocenters. The van der Waals surface area contributed by atoms with Crippen molar-refractivity contribution in [2.24, 2.45) is 0 Å². The van der Waals surface area contributed by atoms with Crippen LogP contribution in [0.2, 0.25) is 0 Å². The molecule has 2 aromatic rings. The summed E-state index contributed by atoms with van der Waals surface area (Å²) in [5.41, 5.74) is 0. The molecule has 9 heteroatoms. The van der Waals surface area contributed by atoms with Crippen LogP contribution < -0.4 is 0 Å². The smallest absolute Gasteiger partial charge is 0.244 e. The van der Waals surface area contributed by atoms with Crippen molar-refractivity contribution in [3.8, 4) is 0 Å². The molecule has 25 heavy (non-hydrogen) atoms. The van der Waals surface area contributed by atoms with Gasteiger partial charge in [-0.3, -0.25) is 0 Å². The normalized spacial score (nSPS) is 16.2. The second-order valence-corrected chi connectivity index (χ2v) is 8.87. The van der Waals surface area contributed by atoms with Crippen molar-refractivity contribution in [2.45, 2.75) is 54.7 Å². The maximum atomic E-state index is 12.6. The molecular formula is C16H22N4O3S2. The fourth-order valence-corrected chi connectivity index (χ4v) is 4.81. The molecule has 0 saturated carbocycles. The van der Waals surface area contributed by atoms with Gasteiger partial charge in [0.25, 0.3) is 0 Å². The third-order valence-corrected chi connectivity index (χ3v) is 6.81. The number of hydrogen-bond acceptors (Lipinski definition) is 7. The van der Waals surface area contributed by atoms with Crippen LogP contribution in [-0.2, 0) is 22.2 Å². The van der Waals surface area contributed by atoms with Crippen molar-refractivity contribution in [3.63, 3.8) is 0 Å². The summed E-state index contributed by atoms with van der Waals surface area (Å²) in [6.07, 6.45) is 6.11. The third-order valence-electron chi connectivity index (χ3n) is 3.99. The molecule has 0 amide bonds. The number of pyridine rings is 1. The zero-order valence-corrected chi connectivity index (χ0v) is 15.9. The second-order valence-electron chi connectivity index (χ2n) is 5.94. The molecule has 0 aliphatic carbocycles. The summed E-state index contributed by atoms with van der Waals surface area (Å²) in [5.74, 6) is 1.81. The number of aryl methyl sites for hydroxylation is 1. The van der Waals surface area contributed by atoms with Crippen LogP contribution in [0.15, 0.2) is 32.8 Å². The van der Waals surface area contributed by atoms with Crippen LogP contribution >= 0.6 is 11.8 Å². The molecule has 0 aromatic carbocycles. The number of nitrogens with zero attached hydrogens (tertiary/aromatic N) is 4. The van der Waals surface area contributed by atoms with Gasteiger partial charge in [-0.25, -0.2) is 13.4 Å². The average Bonchev–Trinajstić information content (AvgIpc) is 3.09. The first-order valence-corrected chi connectivity index (χ1v) is 10.9. The SMILES string of the molecule is CCCc1nc(CSc2ccc(S(=O)(=O)N3CCCCC3)cn2)no1. The first-order valence-electron chi connectivity index (χ1n) is 8.50. The predicted octanol–water partition coefficient (Wildman–Crippen LogP) is 2.88. The van der Waals surface area contributed by atoms with Gasteiger partial charge in [-0.2, -0.15) is 9.29 Å². The number of hydrogen-bond donors (Lipinski definition) is 0. The Morgan fingerprint density at radius 2 is 2.04 bits per heavy atom. The molecule has 0 atom stereocenters. The fraction of sp³-hybridized carbons (Fsp3) is 0.562. The summed E-state index contributed by atoms with van der Waals surface area (Å²) >= 11 is 1.46. The van der Waals surface area contributed by atoms with Crippen LogP contribution in [0.3, 0.4) is 0 Å². The predicted molar refractivity (Wildman–Crippen MR) is 94.7 cm³/mol. The van der Waals surface area contributed by atoms with E-state index in [1.54, 1.807) is 16.4 Å². The first-order chi connectivity index (χ1) is 12.1. The molecule has 136 valence electrons. The second kappa shape index (κ2) is 8.29. The molecule has 3 heterocycles. The largest absolute Gasteiger partial charge is 0.339 e. The lowest BCUT2D eigenvalue weighted by Gasteiger charge is -2.25. The molecule has 1 saturated heterocycles.